The molecule has 1 rings (SSSR count). The number of ether oxygens (including phenoxy) is 1. The topological polar surface area (TPSA) is 35.9 Å². The van der Waals surface area contributed by atoms with Crippen LogP contribution < -0.4 is 0 Å². The van der Waals surface area contributed by atoms with Gasteiger partial charge in [0.1, 0.15) is 0 Å². The Labute approximate surface area is 92.8 Å². The van der Waals surface area contributed by atoms with E-state index in [1.165, 1.54) is 0 Å². The van der Waals surface area contributed by atoms with E-state index in [1.807, 2.05) is 0 Å². The maximum Gasteiger partial charge on any atom is 0.0474 e. The van der Waals surface area contributed by atoms with E-state index in [2.05, 4.69) is 9.80 Å². The molecular formula is C11H24N2O2. The lowest BCUT2D eigenvalue weighted by atomic mass is 10.2. The van der Waals surface area contributed by atoms with Crippen molar-refractivity contribution in [3.63, 3.8) is 0 Å². The molecule has 15 heavy (non-hydrogen) atoms. The summed E-state index contributed by atoms with van der Waals surface area (Å²) in [7, 11) is 1.76. The molecule has 1 fully saturated rings. The molecule has 1 N–H and O–H groups in total. The molecule has 0 spiro atoms. The highest BCUT2D eigenvalue weighted by atomic mass is 16.5. The lowest BCUT2D eigenvalue weighted by Crippen LogP contribution is -2.46. The molecule has 0 aromatic heterocycles. The minimum absolute atomic E-state index is 0.314. The highest BCUT2D eigenvalue weighted by molar-refractivity contribution is 4.71. The molecule has 4 heteroatoms. The lowest BCUT2D eigenvalue weighted by molar-refractivity contribution is 0.111. The molecule has 0 unspecified atom stereocenters. The first kappa shape index (κ1) is 12.9. The highest BCUT2D eigenvalue weighted by Gasteiger charge is 2.15. The molecule has 0 saturated carbocycles. The van der Waals surface area contributed by atoms with Gasteiger partial charge in [0.25, 0.3) is 0 Å². The first-order valence-corrected chi connectivity index (χ1v) is 5.91. The zero-order valence-corrected chi connectivity index (χ0v) is 9.82. The Balaban J connectivity index is 2.02. The van der Waals surface area contributed by atoms with Crippen LogP contribution in [0.25, 0.3) is 0 Å². The molecule has 0 aromatic rings. The Morgan fingerprint density at radius 3 is 2.00 bits per heavy atom. The van der Waals surface area contributed by atoms with E-state index >= 15 is 0 Å². The van der Waals surface area contributed by atoms with E-state index < -0.39 is 0 Å². The van der Waals surface area contributed by atoms with E-state index in [4.69, 9.17) is 9.84 Å². The van der Waals surface area contributed by atoms with E-state index in [1.54, 1.807) is 7.11 Å². The van der Waals surface area contributed by atoms with Crippen LogP contribution in [-0.4, -0.2) is 74.5 Å². The van der Waals surface area contributed by atoms with Gasteiger partial charge in [-0.25, -0.2) is 0 Å². The summed E-state index contributed by atoms with van der Waals surface area (Å²) in [5, 5.41) is 8.74. The third-order valence-corrected chi connectivity index (χ3v) is 2.92. The summed E-state index contributed by atoms with van der Waals surface area (Å²) in [6.45, 7) is 7.99. The van der Waals surface area contributed by atoms with Crippen molar-refractivity contribution >= 4 is 0 Å². The van der Waals surface area contributed by atoms with Gasteiger partial charge >= 0.3 is 0 Å². The van der Waals surface area contributed by atoms with Gasteiger partial charge < -0.3 is 19.6 Å². The standard InChI is InChI=1S/C11H24N2O2/c1-15-11-3-5-13-8-6-12(7-9-13)4-2-10-14/h14H,2-11H2,1H3. The molecule has 1 aliphatic heterocycles. The molecule has 0 atom stereocenters. The maximum absolute atomic E-state index is 8.74. The summed E-state index contributed by atoms with van der Waals surface area (Å²) >= 11 is 0. The molecule has 90 valence electrons. The number of rotatable bonds is 7. The van der Waals surface area contributed by atoms with E-state index in [0.717, 1.165) is 58.7 Å². The average Bonchev–Trinajstić information content (AvgIpc) is 2.28. The SMILES string of the molecule is COCCCN1CCN(CCCO)CC1. The molecule has 0 aliphatic carbocycles. The van der Waals surface area contributed by atoms with Crippen molar-refractivity contribution in [2.45, 2.75) is 12.8 Å². The summed E-state index contributed by atoms with van der Waals surface area (Å²) < 4.78 is 5.04. The fraction of sp³-hybridized carbons (Fsp3) is 1.00. The Morgan fingerprint density at radius 1 is 1.00 bits per heavy atom. The van der Waals surface area contributed by atoms with Crippen molar-refractivity contribution in [1.29, 1.82) is 0 Å². The van der Waals surface area contributed by atoms with Gasteiger partial charge in [-0.2, -0.15) is 0 Å². The zero-order valence-electron chi connectivity index (χ0n) is 9.82. The van der Waals surface area contributed by atoms with Gasteiger partial charge in [-0.3, -0.25) is 0 Å². The van der Waals surface area contributed by atoms with Gasteiger partial charge in [-0.05, 0) is 12.8 Å². The fourth-order valence-electron chi connectivity index (χ4n) is 1.96. The predicted octanol–water partition coefficient (Wildman–Crippen LogP) is 0.0229. The van der Waals surface area contributed by atoms with E-state index in [0.29, 0.717) is 6.61 Å². The monoisotopic (exact) mass is 216 g/mol. The fourth-order valence-corrected chi connectivity index (χ4v) is 1.96. The van der Waals surface area contributed by atoms with Crippen LogP contribution in [0.1, 0.15) is 12.8 Å². The summed E-state index contributed by atoms with van der Waals surface area (Å²) in [6.07, 6.45) is 2.04. The first-order chi connectivity index (χ1) is 7.36. The van der Waals surface area contributed by atoms with Gasteiger partial charge in [0, 0.05) is 59.6 Å². The van der Waals surface area contributed by atoms with Crippen molar-refractivity contribution < 1.29 is 9.84 Å². The summed E-state index contributed by atoms with van der Waals surface area (Å²) in [6, 6.07) is 0. The van der Waals surface area contributed by atoms with Crippen molar-refractivity contribution in [2.75, 3.05) is 59.6 Å². The number of nitrogens with zero attached hydrogens (tertiary/aromatic N) is 2. The van der Waals surface area contributed by atoms with Gasteiger partial charge in [0.15, 0.2) is 0 Å². The van der Waals surface area contributed by atoms with E-state index in [-0.39, 0.29) is 0 Å². The van der Waals surface area contributed by atoms with Crippen LogP contribution >= 0.6 is 0 Å². The average molecular weight is 216 g/mol. The van der Waals surface area contributed by atoms with Crippen LogP contribution in [-0.2, 0) is 4.74 Å². The Bertz CT molecular complexity index is 148. The smallest absolute Gasteiger partial charge is 0.0474 e. The number of methoxy groups -OCH3 is 1. The Kier molecular flexibility index (Phi) is 6.92. The van der Waals surface area contributed by atoms with Crippen molar-refractivity contribution in [1.82, 2.24) is 9.80 Å². The second kappa shape index (κ2) is 8.05. The van der Waals surface area contributed by atoms with Crippen LogP contribution in [0.5, 0.6) is 0 Å². The van der Waals surface area contributed by atoms with Crippen LogP contribution in [0.15, 0.2) is 0 Å². The minimum Gasteiger partial charge on any atom is -0.396 e. The van der Waals surface area contributed by atoms with Crippen molar-refractivity contribution in [2.24, 2.45) is 0 Å². The Morgan fingerprint density at radius 2 is 1.53 bits per heavy atom. The van der Waals surface area contributed by atoms with Gasteiger partial charge in [0.2, 0.25) is 0 Å². The minimum atomic E-state index is 0.314. The second-order valence-electron chi connectivity index (χ2n) is 4.11. The summed E-state index contributed by atoms with van der Waals surface area (Å²) in [4.78, 5) is 4.93. The van der Waals surface area contributed by atoms with Gasteiger partial charge in [0.05, 0.1) is 0 Å². The predicted molar refractivity (Wildman–Crippen MR) is 61.1 cm³/mol. The molecule has 0 radical (unpaired) electrons. The van der Waals surface area contributed by atoms with Gasteiger partial charge in [-0.15, -0.1) is 0 Å². The van der Waals surface area contributed by atoms with E-state index in [9.17, 15) is 0 Å². The van der Waals surface area contributed by atoms with Crippen LogP contribution in [0.4, 0.5) is 0 Å². The largest absolute Gasteiger partial charge is 0.396 e. The van der Waals surface area contributed by atoms with Crippen molar-refractivity contribution in [3.05, 3.63) is 0 Å². The third kappa shape index (κ3) is 5.47. The number of aliphatic hydroxyl groups is 1. The highest BCUT2D eigenvalue weighted by Crippen LogP contribution is 2.03. The lowest BCUT2D eigenvalue weighted by Gasteiger charge is -2.34. The second-order valence-corrected chi connectivity index (χ2v) is 4.11. The maximum atomic E-state index is 8.74. The molecule has 0 aromatic carbocycles. The zero-order chi connectivity index (χ0) is 10.9. The first-order valence-electron chi connectivity index (χ1n) is 5.91. The molecule has 1 saturated heterocycles. The molecule has 0 bridgehead atoms. The third-order valence-electron chi connectivity index (χ3n) is 2.92. The molecule has 4 nitrogen and oxygen atoms in total. The quantitative estimate of drug-likeness (QED) is 0.609. The number of hydrogen-bond donors (Lipinski definition) is 1. The van der Waals surface area contributed by atoms with Crippen LogP contribution in [0.3, 0.4) is 0 Å². The normalized spacial score (nSPS) is 19.6. The number of aliphatic hydroxyl groups excluding tert-OH is 1. The molecule has 1 heterocycles. The molecule has 0 amide bonds. The molecular weight excluding hydrogens is 192 g/mol. The van der Waals surface area contributed by atoms with Crippen molar-refractivity contribution in [3.8, 4) is 0 Å². The number of hydrogen-bond acceptors (Lipinski definition) is 4. The number of piperazine rings is 1. The van der Waals surface area contributed by atoms with Crippen LogP contribution in [0, 0.1) is 0 Å². The molecule has 1 aliphatic rings. The Hall–Kier alpha value is -0.160. The summed E-state index contributed by atoms with van der Waals surface area (Å²) in [5.41, 5.74) is 0. The van der Waals surface area contributed by atoms with Crippen LogP contribution in [0.2, 0.25) is 0 Å². The summed E-state index contributed by atoms with van der Waals surface area (Å²) in [5.74, 6) is 0. The van der Waals surface area contributed by atoms with Gasteiger partial charge in [-0.1, -0.05) is 0 Å².